The number of anilines is 1. The minimum Gasteiger partial charge on any atom is -0.384 e. The molecule has 3 N–H and O–H groups in total. The fraction of sp³-hybridized carbons (Fsp3) is 0.222. The van der Waals surface area contributed by atoms with E-state index in [1.807, 2.05) is 36.5 Å². The van der Waals surface area contributed by atoms with Crippen molar-refractivity contribution in [2.45, 2.75) is 19.3 Å². The van der Waals surface area contributed by atoms with E-state index in [9.17, 15) is 4.79 Å². The highest BCUT2D eigenvalue weighted by Gasteiger charge is 2.24. The first-order valence-electron chi connectivity index (χ1n) is 7.57. The topological polar surface area (TPSA) is 71.8 Å². The molecule has 1 fully saturated rings. The third kappa shape index (κ3) is 2.37. The summed E-state index contributed by atoms with van der Waals surface area (Å²) in [6.45, 7) is 0. The second-order valence-corrected chi connectivity index (χ2v) is 6.01. The van der Waals surface area contributed by atoms with Crippen LogP contribution in [0.15, 0.2) is 42.7 Å². The van der Waals surface area contributed by atoms with Crippen molar-refractivity contribution < 1.29 is 4.79 Å². The number of nitrogens with two attached hydrogens (primary N) is 1. The lowest BCUT2D eigenvalue weighted by Gasteiger charge is -2.03. The lowest BCUT2D eigenvalue weighted by atomic mass is 10.0. The summed E-state index contributed by atoms with van der Waals surface area (Å²) >= 11 is 0. The molecular weight excluding hydrogens is 274 g/mol. The highest BCUT2D eigenvalue weighted by atomic mass is 16.1. The molecule has 2 heterocycles. The maximum atomic E-state index is 12.1. The van der Waals surface area contributed by atoms with Crippen molar-refractivity contribution in [2.75, 3.05) is 5.73 Å². The Bertz CT molecular complexity index is 844. The molecule has 1 saturated carbocycles. The first-order valence-corrected chi connectivity index (χ1v) is 7.57. The van der Waals surface area contributed by atoms with E-state index in [0.29, 0.717) is 18.2 Å². The molecular formula is C18H17N3O. The fourth-order valence-corrected chi connectivity index (χ4v) is 2.81. The monoisotopic (exact) mass is 291 g/mol. The number of carbonyl (C=O) groups is 1. The molecule has 2 aromatic heterocycles. The van der Waals surface area contributed by atoms with Crippen LogP contribution in [0.3, 0.4) is 0 Å². The van der Waals surface area contributed by atoms with Crippen LogP contribution in [0, 0.1) is 5.92 Å². The molecule has 1 aliphatic rings. The molecule has 0 spiro atoms. The van der Waals surface area contributed by atoms with Crippen molar-refractivity contribution in [2.24, 2.45) is 5.92 Å². The van der Waals surface area contributed by atoms with Crippen molar-refractivity contribution >= 4 is 22.5 Å². The molecule has 4 nitrogen and oxygen atoms in total. The number of hydrogen-bond acceptors (Lipinski definition) is 3. The second kappa shape index (κ2) is 4.98. The number of fused-ring (bicyclic) bond motifs is 1. The molecule has 0 aliphatic heterocycles. The number of aromatic nitrogens is 2. The largest absolute Gasteiger partial charge is 0.384 e. The van der Waals surface area contributed by atoms with Crippen molar-refractivity contribution in [3.05, 3.63) is 48.3 Å². The number of H-pyrrole nitrogens is 1. The summed E-state index contributed by atoms with van der Waals surface area (Å²) in [5.74, 6) is 1.38. The van der Waals surface area contributed by atoms with Gasteiger partial charge in [-0.05, 0) is 30.4 Å². The van der Waals surface area contributed by atoms with E-state index >= 15 is 0 Å². The van der Waals surface area contributed by atoms with Gasteiger partial charge in [-0.2, -0.15) is 0 Å². The summed E-state index contributed by atoms with van der Waals surface area (Å²) in [7, 11) is 0. The van der Waals surface area contributed by atoms with Crippen LogP contribution in [0.25, 0.3) is 22.0 Å². The van der Waals surface area contributed by atoms with Crippen LogP contribution < -0.4 is 5.73 Å². The number of benzene rings is 1. The summed E-state index contributed by atoms with van der Waals surface area (Å²) in [5, 5.41) is 1.05. The minimum absolute atomic E-state index is 0.251. The third-order valence-electron chi connectivity index (χ3n) is 4.28. The molecule has 0 atom stereocenters. The molecule has 0 unspecified atom stereocenters. The number of hydrogen-bond donors (Lipinski definition) is 2. The molecule has 0 amide bonds. The van der Waals surface area contributed by atoms with E-state index in [1.54, 1.807) is 6.20 Å². The Hall–Kier alpha value is -2.62. The zero-order valence-electron chi connectivity index (χ0n) is 12.2. The normalized spacial score (nSPS) is 14.4. The Morgan fingerprint density at radius 3 is 2.77 bits per heavy atom. The van der Waals surface area contributed by atoms with Gasteiger partial charge in [-0.3, -0.25) is 4.79 Å². The van der Waals surface area contributed by atoms with Gasteiger partial charge in [-0.15, -0.1) is 0 Å². The van der Waals surface area contributed by atoms with E-state index < -0.39 is 0 Å². The first kappa shape index (κ1) is 13.1. The Morgan fingerprint density at radius 1 is 1.27 bits per heavy atom. The number of rotatable bonds is 4. The van der Waals surface area contributed by atoms with Gasteiger partial charge in [0.15, 0.2) is 5.78 Å². The van der Waals surface area contributed by atoms with Gasteiger partial charge >= 0.3 is 0 Å². The summed E-state index contributed by atoms with van der Waals surface area (Å²) in [5.41, 5.74) is 9.68. The smallest absolute Gasteiger partial charge is 0.163 e. The maximum absolute atomic E-state index is 12.1. The standard InChI is InChI=1S/C18H17N3O/c19-18-8-14-15(9-20-16(14)10-21-18)12-3-5-13(6-4-12)17(22)7-11-1-2-11/h3-6,8-11,20H,1-2,7H2,(H2,19,21). The summed E-state index contributed by atoms with van der Waals surface area (Å²) in [6, 6.07) is 9.71. The number of nitrogen functional groups attached to an aromatic ring is 1. The minimum atomic E-state index is 0.251. The SMILES string of the molecule is Nc1cc2c(-c3ccc(C(=O)CC4CC4)cc3)c[nH]c2cn1. The molecule has 3 aromatic rings. The van der Waals surface area contributed by atoms with Gasteiger partial charge in [0, 0.05) is 29.1 Å². The third-order valence-corrected chi connectivity index (χ3v) is 4.28. The van der Waals surface area contributed by atoms with Gasteiger partial charge in [0.05, 0.1) is 11.7 Å². The van der Waals surface area contributed by atoms with Crippen molar-refractivity contribution in [1.82, 2.24) is 9.97 Å². The predicted molar refractivity (Wildman–Crippen MR) is 87.6 cm³/mol. The quantitative estimate of drug-likeness (QED) is 0.718. The van der Waals surface area contributed by atoms with Gasteiger partial charge in [0.2, 0.25) is 0 Å². The Kier molecular flexibility index (Phi) is 2.96. The van der Waals surface area contributed by atoms with Crippen LogP contribution in [0.4, 0.5) is 5.82 Å². The van der Waals surface area contributed by atoms with Gasteiger partial charge in [-0.25, -0.2) is 4.98 Å². The highest BCUT2D eigenvalue weighted by Crippen LogP contribution is 2.34. The molecule has 0 bridgehead atoms. The Balaban J connectivity index is 1.66. The molecule has 1 aliphatic carbocycles. The molecule has 4 rings (SSSR count). The molecule has 1 aromatic carbocycles. The van der Waals surface area contributed by atoms with Crippen molar-refractivity contribution in [3.8, 4) is 11.1 Å². The summed E-state index contributed by atoms with van der Waals surface area (Å²) < 4.78 is 0. The van der Waals surface area contributed by atoms with Crippen LogP contribution in [-0.2, 0) is 0 Å². The summed E-state index contributed by atoms with van der Waals surface area (Å²) in [4.78, 5) is 19.4. The van der Waals surface area contributed by atoms with Crippen molar-refractivity contribution in [1.29, 1.82) is 0 Å². The number of ketones is 1. The number of Topliss-reactive ketones (excluding diaryl/α,β-unsaturated/α-hetero) is 1. The van der Waals surface area contributed by atoms with Crippen LogP contribution in [-0.4, -0.2) is 15.8 Å². The van der Waals surface area contributed by atoms with Crippen LogP contribution >= 0.6 is 0 Å². The number of carbonyl (C=O) groups excluding carboxylic acids is 1. The maximum Gasteiger partial charge on any atom is 0.163 e. The number of nitrogens with one attached hydrogen (secondary N) is 1. The fourth-order valence-electron chi connectivity index (χ4n) is 2.81. The van der Waals surface area contributed by atoms with E-state index in [1.165, 1.54) is 12.8 Å². The molecule has 110 valence electrons. The van der Waals surface area contributed by atoms with Crippen LogP contribution in [0.5, 0.6) is 0 Å². The summed E-state index contributed by atoms with van der Waals surface area (Å²) in [6.07, 6.45) is 6.78. The van der Waals surface area contributed by atoms with E-state index in [-0.39, 0.29) is 5.78 Å². The second-order valence-electron chi connectivity index (χ2n) is 6.01. The zero-order valence-corrected chi connectivity index (χ0v) is 12.2. The van der Waals surface area contributed by atoms with Gasteiger partial charge in [0.1, 0.15) is 5.82 Å². The number of nitrogens with zero attached hydrogens (tertiary/aromatic N) is 1. The van der Waals surface area contributed by atoms with E-state index in [2.05, 4.69) is 9.97 Å². The predicted octanol–water partition coefficient (Wildman–Crippen LogP) is 3.79. The van der Waals surface area contributed by atoms with E-state index in [4.69, 9.17) is 5.73 Å². The van der Waals surface area contributed by atoms with Gasteiger partial charge < -0.3 is 10.7 Å². The average molecular weight is 291 g/mol. The van der Waals surface area contributed by atoms with Gasteiger partial charge in [-0.1, -0.05) is 24.3 Å². The average Bonchev–Trinajstić information content (AvgIpc) is 3.24. The number of pyridine rings is 1. The van der Waals surface area contributed by atoms with Crippen molar-refractivity contribution in [3.63, 3.8) is 0 Å². The van der Waals surface area contributed by atoms with Crippen LogP contribution in [0.1, 0.15) is 29.6 Å². The number of aromatic amines is 1. The van der Waals surface area contributed by atoms with Gasteiger partial charge in [0.25, 0.3) is 0 Å². The first-order chi connectivity index (χ1) is 10.7. The lowest BCUT2D eigenvalue weighted by Crippen LogP contribution is -1.99. The molecule has 0 saturated heterocycles. The Labute approximate surface area is 128 Å². The molecule has 22 heavy (non-hydrogen) atoms. The van der Waals surface area contributed by atoms with E-state index in [0.717, 1.165) is 27.6 Å². The lowest BCUT2D eigenvalue weighted by molar-refractivity contribution is 0.0976. The zero-order chi connectivity index (χ0) is 15.1. The molecule has 4 heteroatoms. The molecule has 0 radical (unpaired) electrons. The Morgan fingerprint density at radius 2 is 2.05 bits per heavy atom. The highest BCUT2D eigenvalue weighted by molar-refractivity contribution is 5.99. The van der Waals surface area contributed by atoms with Crippen LogP contribution in [0.2, 0.25) is 0 Å².